The monoisotopic (exact) mass is 1660 g/mol. The van der Waals surface area contributed by atoms with E-state index in [1.807, 2.05) is 0 Å². The Kier molecular flexibility index (Phi) is 25.6. The first-order valence-corrected chi connectivity index (χ1v) is 37.6. The minimum atomic E-state index is -2.07. The number of hydrogen-bond donors (Lipinski definition) is 8. The predicted molar refractivity (Wildman–Crippen MR) is 368 cm³/mol. The number of aliphatic hydroxyl groups is 5. The Hall–Kier alpha value is -4.27. The van der Waals surface area contributed by atoms with E-state index in [4.69, 9.17) is 158 Å². The van der Waals surface area contributed by atoms with Gasteiger partial charge in [0.25, 0.3) is 11.5 Å². The second-order valence-electron chi connectivity index (χ2n) is 30.0. The largest absolute Gasteiger partial charge is 0.506 e. The van der Waals surface area contributed by atoms with Gasteiger partial charge in [0.2, 0.25) is 0 Å². The first kappa shape index (κ1) is 85.6. The van der Waals surface area contributed by atoms with Gasteiger partial charge in [0, 0.05) is 46.7 Å². The Labute approximate surface area is 656 Å². The third-order valence-corrected chi connectivity index (χ3v) is 23.8. The van der Waals surface area contributed by atoms with Crippen LogP contribution < -0.4 is 4.74 Å². The summed E-state index contributed by atoms with van der Waals surface area (Å²) in [6.45, 7) is 12.6. The summed E-state index contributed by atoms with van der Waals surface area (Å²) >= 11 is 18.8. The van der Waals surface area contributed by atoms with Gasteiger partial charge in [-0.05, 0) is 72.6 Å². The number of hydrogen-bond acceptors (Lipinski definition) is 38. The SMILES string of the molecule is COC[C@H]1O[C@@H](O[C@@H]2OC[C@@H]3O[C@@]4(OC[C@@H](OC(=O)c5c(C)cc(O)c(Cl)c5O)[C@@H]5OCO[C@H]54)O[C@H]3[C@H]2O)[C@@H](OC)[C@@H](O)[C@@H]1O[C@@H]1O[C@H](C)[C@H](OC)[C@H](O[C@@H]2O[C@H](C)[C@H]3O[C@]4(C[C@@H](O)[C@H](O[C@H]5C[C@@H](O[C@H]6C[C@](C)([N+](=O)[O-])[C@@H](OC)[C@H](C)O6)[C@H](OC(=O)c6c(C)c(Cl)c(O)c(Cl)c6OC)[C@@H](C)O5)[C@@H](C)O4)O[C@]3(C)[C@@H]2O)[C@H]1O. The lowest BCUT2D eigenvalue weighted by atomic mass is 9.85. The fraction of sp³-hybridized carbons (Fsp3) is 0.800. The van der Waals surface area contributed by atoms with Crippen molar-refractivity contribution in [2.24, 2.45) is 0 Å². The highest BCUT2D eigenvalue weighted by molar-refractivity contribution is 6.39. The molecule has 2 spiro atoms. The molecule has 8 N–H and O–H groups in total. The molecule has 11 aliphatic heterocycles. The van der Waals surface area contributed by atoms with Crippen molar-refractivity contribution in [1.29, 1.82) is 0 Å². The van der Waals surface area contributed by atoms with Crippen LogP contribution in [0.3, 0.4) is 0 Å². The van der Waals surface area contributed by atoms with Gasteiger partial charge in [-0.2, -0.15) is 0 Å². The van der Waals surface area contributed by atoms with Crippen molar-refractivity contribution in [3.63, 3.8) is 0 Å². The average Bonchev–Trinajstić information content (AvgIpc) is 1.56. The highest BCUT2D eigenvalue weighted by atomic mass is 35.5. The molecule has 0 bridgehead atoms. The van der Waals surface area contributed by atoms with Crippen molar-refractivity contribution >= 4 is 46.7 Å². The molecule has 0 unspecified atom stereocenters. The van der Waals surface area contributed by atoms with Gasteiger partial charge >= 0.3 is 17.9 Å². The van der Waals surface area contributed by atoms with E-state index in [0.717, 1.165) is 0 Å². The number of aryl methyl sites for hydroxylation is 1. The molecule has 0 aromatic heterocycles. The van der Waals surface area contributed by atoms with Crippen LogP contribution in [0.1, 0.15) is 99.6 Å². The molecular weight excluding hydrogens is 1570 g/mol. The van der Waals surface area contributed by atoms with Crippen LogP contribution in [0.2, 0.25) is 15.1 Å². The second-order valence-corrected chi connectivity index (χ2v) is 31.1. The van der Waals surface area contributed by atoms with Gasteiger partial charge in [-0.25, -0.2) is 9.59 Å². The number of esters is 2. The van der Waals surface area contributed by atoms with E-state index in [1.54, 1.807) is 34.6 Å². The lowest BCUT2D eigenvalue weighted by Crippen LogP contribution is -2.68. The predicted octanol–water partition coefficient (Wildman–Crippen LogP) is 1.92. The number of phenolic OH excluding ortho intramolecular Hbond substituents is 3. The summed E-state index contributed by atoms with van der Waals surface area (Å²) in [5.41, 5.74) is -3.74. The Morgan fingerprint density at radius 1 is 0.598 bits per heavy atom. The molecule has 2 aromatic carbocycles. The van der Waals surface area contributed by atoms with E-state index in [9.17, 15) is 60.6 Å². The molecule has 11 saturated heterocycles. The maximum Gasteiger partial charge on any atom is 0.342 e. The molecule has 0 saturated carbocycles. The molecule has 630 valence electrons. The quantitative estimate of drug-likeness (QED) is 0.0503. The minimum Gasteiger partial charge on any atom is -0.506 e. The van der Waals surface area contributed by atoms with Gasteiger partial charge in [0.1, 0.15) is 131 Å². The molecule has 35 atom stereocenters. The van der Waals surface area contributed by atoms with Crippen molar-refractivity contribution in [2.75, 3.05) is 62.2 Å². The minimum absolute atomic E-state index is 0.0688. The Morgan fingerprint density at radius 2 is 1.29 bits per heavy atom. The number of benzene rings is 2. The van der Waals surface area contributed by atoms with Crippen molar-refractivity contribution in [2.45, 2.75) is 295 Å². The molecule has 0 aliphatic carbocycles. The molecule has 13 rings (SSSR count). The van der Waals surface area contributed by atoms with Crippen molar-refractivity contribution < 1.29 is 179 Å². The summed E-state index contributed by atoms with van der Waals surface area (Å²) in [5.74, 6) is -8.02. The number of aromatic hydroxyl groups is 3. The number of ether oxygens (including phenoxy) is 26. The van der Waals surface area contributed by atoms with Crippen LogP contribution in [0.25, 0.3) is 0 Å². The Balaban J connectivity index is 0.644. The summed E-state index contributed by atoms with van der Waals surface area (Å²) < 4.78 is 160. The molecular formula is C70H96Cl3NO38. The molecule has 11 fully saturated rings. The van der Waals surface area contributed by atoms with Crippen molar-refractivity contribution in [1.82, 2.24) is 0 Å². The number of nitro groups is 1. The van der Waals surface area contributed by atoms with Crippen LogP contribution in [-0.4, -0.2) is 333 Å². The first-order chi connectivity index (χ1) is 53.0. The highest BCUT2D eigenvalue weighted by Crippen LogP contribution is 2.53. The standard InChI is InChI=1S/C70H96Cl3NO38/c1-23-15-30(75)41(72)43(77)38(23)61(83)101-34-21-95-70(60-53(34)93-22-94-60)109-35-20-92-63(46(80)52(35)110-70)107-65-56(90-13)45(79)51(33(102-65)19-87-10)105-64-47(81)55(50(88-11)26(4)98-64)106-66-57(82)68(9)59(29(7)99-66)111-69(112-68)17-31(76)48(27(5)108-69)103-36-16-32(100-37-18-67(8,74(85)86)58(91-14)28(6)97-37)49(25(3)96-36)104-62(84)39-24(2)40(71)44(78)42(73)54(39)89-12/h15,25-29,31-37,45-53,55-60,63-66,75-82H,16-22H2,1-14H3/t25-,26-,27-,28+,29-,31-,32-,33-,34-,35+,36+,37+,45+,46-,47-,48-,49-,50+,51-,52-,53+,55-,56+,57-,58+,59-,60-,63+,64+,65+,66+,67+,68-,69-,70-/m1/s1. The summed E-state index contributed by atoms with van der Waals surface area (Å²) in [5, 5.41) is 104. The third kappa shape index (κ3) is 15.5. The van der Waals surface area contributed by atoms with E-state index in [0.29, 0.717) is 0 Å². The van der Waals surface area contributed by atoms with Gasteiger partial charge in [-0.3, -0.25) is 10.1 Å². The molecule has 112 heavy (non-hydrogen) atoms. The summed E-state index contributed by atoms with van der Waals surface area (Å²) in [4.78, 5) is 39.9. The zero-order valence-electron chi connectivity index (χ0n) is 63.3. The molecule has 0 amide bonds. The smallest absolute Gasteiger partial charge is 0.342 e. The number of halogens is 3. The molecule has 11 aliphatic rings. The fourth-order valence-electron chi connectivity index (χ4n) is 17.0. The van der Waals surface area contributed by atoms with Gasteiger partial charge < -0.3 is 164 Å². The Morgan fingerprint density at radius 3 is 1.96 bits per heavy atom. The van der Waals surface area contributed by atoms with E-state index in [2.05, 4.69) is 0 Å². The summed E-state index contributed by atoms with van der Waals surface area (Å²) in [6.07, 6.45) is -41.2. The fourth-order valence-corrected chi connectivity index (χ4v) is 17.7. The van der Waals surface area contributed by atoms with Gasteiger partial charge in [-0.1, -0.05) is 34.8 Å². The first-order valence-electron chi connectivity index (χ1n) is 36.4. The lowest BCUT2D eigenvalue weighted by Gasteiger charge is -2.50. The van der Waals surface area contributed by atoms with Crippen LogP contribution in [0.5, 0.6) is 23.0 Å². The number of fused-ring (bicyclic) bond motifs is 4. The van der Waals surface area contributed by atoms with E-state index >= 15 is 0 Å². The zero-order chi connectivity index (χ0) is 81.0. The zero-order valence-corrected chi connectivity index (χ0v) is 65.6. The van der Waals surface area contributed by atoms with Crippen LogP contribution in [0, 0.1) is 24.0 Å². The van der Waals surface area contributed by atoms with Crippen LogP contribution in [0.15, 0.2) is 6.07 Å². The number of aliphatic hydroxyl groups excluding tert-OH is 5. The van der Waals surface area contributed by atoms with Gasteiger partial charge in [-0.15, -0.1) is 0 Å². The number of nitrogens with zero attached hydrogens (tertiary/aromatic N) is 1. The summed E-state index contributed by atoms with van der Waals surface area (Å²) in [6, 6.07) is 1.19. The number of phenols is 3. The van der Waals surface area contributed by atoms with E-state index < -0.39 is 259 Å². The molecule has 11 heterocycles. The molecule has 2 aromatic rings. The summed E-state index contributed by atoms with van der Waals surface area (Å²) in [7, 11) is 6.51. The van der Waals surface area contributed by atoms with E-state index in [-0.39, 0.29) is 77.5 Å². The maximum atomic E-state index is 14.3. The second kappa shape index (κ2) is 33.5. The lowest BCUT2D eigenvalue weighted by molar-refractivity contribution is -0.595. The Bertz CT molecular complexity index is 3710. The average molecular weight is 1670 g/mol. The van der Waals surface area contributed by atoms with Crippen LogP contribution in [0.4, 0.5) is 0 Å². The van der Waals surface area contributed by atoms with Crippen molar-refractivity contribution in [3.8, 4) is 23.0 Å². The van der Waals surface area contributed by atoms with Gasteiger partial charge in [0.15, 0.2) is 79.4 Å². The van der Waals surface area contributed by atoms with E-state index in [1.165, 1.54) is 69.3 Å². The maximum absolute atomic E-state index is 14.3. The third-order valence-electron chi connectivity index (χ3n) is 22.6. The van der Waals surface area contributed by atoms with Crippen LogP contribution in [-0.2, 0) is 118 Å². The molecule has 39 nitrogen and oxygen atoms in total. The topological polar surface area (TPSA) is 479 Å². The number of carbonyl (C=O) groups excluding carboxylic acids is 2. The molecule has 0 radical (unpaired) electrons. The van der Waals surface area contributed by atoms with Crippen molar-refractivity contribution in [3.05, 3.63) is 53.5 Å². The molecule has 42 heteroatoms. The number of methoxy groups -OCH3 is 5. The normalized spacial score (nSPS) is 45.4. The van der Waals surface area contributed by atoms with Gasteiger partial charge in [0.05, 0.1) is 81.4 Å². The van der Waals surface area contributed by atoms with Crippen LogP contribution >= 0.6 is 34.8 Å². The number of carbonyl (C=O) groups is 2. The highest BCUT2D eigenvalue weighted by Gasteiger charge is 2.70. The number of rotatable bonds is 21.